The van der Waals surface area contributed by atoms with Crippen molar-refractivity contribution in [3.8, 4) is 0 Å². The number of nitrogens with two attached hydrogens (primary N) is 1. The van der Waals surface area contributed by atoms with Crippen molar-refractivity contribution >= 4 is 23.4 Å². The minimum Gasteiger partial charge on any atom is -0.481 e. The number of hydrogen-bond donors (Lipinski definition) is 2. The molecule has 0 atom stereocenters. The van der Waals surface area contributed by atoms with Gasteiger partial charge in [0.25, 0.3) is 0 Å². The van der Waals surface area contributed by atoms with Gasteiger partial charge in [-0.3, -0.25) is 4.79 Å². The van der Waals surface area contributed by atoms with E-state index in [1.54, 1.807) is 17.8 Å². The van der Waals surface area contributed by atoms with Crippen LogP contribution < -0.4 is 5.73 Å². The summed E-state index contributed by atoms with van der Waals surface area (Å²) in [5.74, 6) is -0.847. The number of aryl methyl sites for hydroxylation is 1. The van der Waals surface area contributed by atoms with Gasteiger partial charge in [-0.15, -0.1) is 0 Å². The molecular weight excluding hydrogens is 270 g/mol. The molecule has 0 radical (unpaired) electrons. The van der Waals surface area contributed by atoms with Crippen LogP contribution in [0.2, 0.25) is 0 Å². The molecule has 3 N–H and O–H groups in total. The maximum Gasteiger partial charge on any atom is 0.307 e. The van der Waals surface area contributed by atoms with Gasteiger partial charge in [0, 0.05) is 15.5 Å². The van der Waals surface area contributed by atoms with E-state index >= 15 is 0 Å². The van der Waals surface area contributed by atoms with Gasteiger partial charge in [-0.05, 0) is 41.8 Å². The molecule has 4 heteroatoms. The Balaban J connectivity index is 2.14. The number of nitrogen functional groups attached to an aromatic ring is 1. The first-order chi connectivity index (χ1) is 9.58. The fraction of sp³-hybridized carbons (Fsp3) is 0.188. The van der Waals surface area contributed by atoms with Crippen molar-refractivity contribution in [2.75, 3.05) is 5.73 Å². The second-order valence-corrected chi connectivity index (χ2v) is 5.66. The average Bonchev–Trinajstić information content (AvgIpc) is 2.42. The summed E-state index contributed by atoms with van der Waals surface area (Å²) < 4.78 is 0. The first kappa shape index (κ1) is 14.5. The topological polar surface area (TPSA) is 63.3 Å². The van der Waals surface area contributed by atoms with Crippen LogP contribution in [0.15, 0.2) is 52.3 Å². The Morgan fingerprint density at radius 1 is 1.15 bits per heavy atom. The van der Waals surface area contributed by atoms with Gasteiger partial charge >= 0.3 is 5.97 Å². The van der Waals surface area contributed by atoms with Crippen molar-refractivity contribution < 1.29 is 9.90 Å². The maximum atomic E-state index is 10.7. The van der Waals surface area contributed by atoms with Crippen molar-refractivity contribution in [2.24, 2.45) is 0 Å². The molecule has 0 aliphatic rings. The summed E-state index contributed by atoms with van der Waals surface area (Å²) in [7, 11) is 0. The lowest BCUT2D eigenvalue weighted by Crippen LogP contribution is -2.01. The van der Waals surface area contributed by atoms with Crippen LogP contribution >= 0.6 is 11.8 Å². The Bertz CT molecular complexity index is 608. The molecule has 0 amide bonds. The Morgan fingerprint density at radius 2 is 1.80 bits per heavy atom. The van der Waals surface area contributed by atoms with Gasteiger partial charge in [0.1, 0.15) is 0 Å². The highest BCUT2D eigenvalue weighted by Gasteiger charge is 2.06. The number of hydrogen-bond acceptors (Lipinski definition) is 3. The second-order valence-electron chi connectivity index (χ2n) is 4.54. The van der Waals surface area contributed by atoms with E-state index in [4.69, 9.17) is 10.8 Å². The Hall–Kier alpha value is -1.94. The average molecular weight is 287 g/mol. The van der Waals surface area contributed by atoms with E-state index in [2.05, 4.69) is 31.2 Å². The zero-order valence-electron chi connectivity index (χ0n) is 11.3. The highest BCUT2D eigenvalue weighted by molar-refractivity contribution is 7.99. The van der Waals surface area contributed by atoms with Gasteiger partial charge in [-0.25, -0.2) is 0 Å². The fourth-order valence-electron chi connectivity index (χ4n) is 1.90. The number of carboxylic acids is 1. The van der Waals surface area contributed by atoms with E-state index in [0.717, 1.165) is 21.8 Å². The second kappa shape index (κ2) is 6.48. The van der Waals surface area contributed by atoms with E-state index in [1.165, 1.54) is 5.56 Å². The molecule has 0 fully saturated rings. The lowest BCUT2D eigenvalue weighted by molar-refractivity contribution is -0.136. The van der Waals surface area contributed by atoms with E-state index in [9.17, 15) is 4.79 Å². The van der Waals surface area contributed by atoms with Gasteiger partial charge in [0.15, 0.2) is 0 Å². The molecule has 2 aromatic rings. The predicted molar refractivity (Wildman–Crippen MR) is 82.1 cm³/mol. The number of carbonyl (C=O) groups is 1. The summed E-state index contributed by atoms with van der Waals surface area (Å²) >= 11 is 1.59. The third kappa shape index (κ3) is 3.78. The normalized spacial score (nSPS) is 10.4. The molecule has 0 heterocycles. The standard InChI is InChI=1S/C16H17NO2S/c1-2-11-3-6-13(7-4-11)20-15-8-5-12(9-14(15)17)10-16(18)19/h3-9H,2,10,17H2,1H3,(H,18,19). The number of aliphatic carboxylic acids is 1. The molecule has 2 rings (SSSR count). The van der Waals surface area contributed by atoms with E-state index in [1.807, 2.05) is 12.1 Å². The Kier molecular flexibility index (Phi) is 4.69. The molecule has 2 aromatic carbocycles. The molecule has 20 heavy (non-hydrogen) atoms. The van der Waals surface area contributed by atoms with Crippen molar-refractivity contribution in [2.45, 2.75) is 29.6 Å². The molecule has 104 valence electrons. The highest BCUT2D eigenvalue weighted by atomic mass is 32.2. The Labute approximate surface area is 122 Å². The number of rotatable bonds is 5. The number of anilines is 1. The molecule has 0 unspecified atom stereocenters. The van der Waals surface area contributed by atoms with Crippen molar-refractivity contribution in [1.82, 2.24) is 0 Å². The molecule has 0 bridgehead atoms. The van der Waals surface area contributed by atoms with Crippen LogP contribution in [-0.4, -0.2) is 11.1 Å². The largest absolute Gasteiger partial charge is 0.481 e. The third-order valence-corrected chi connectivity index (χ3v) is 4.09. The molecular formula is C16H17NO2S. The molecule has 0 aliphatic carbocycles. The summed E-state index contributed by atoms with van der Waals surface area (Å²) in [4.78, 5) is 12.7. The molecule has 0 aromatic heterocycles. The van der Waals surface area contributed by atoms with Gasteiger partial charge in [-0.1, -0.05) is 36.9 Å². The lowest BCUT2D eigenvalue weighted by atomic mass is 10.1. The van der Waals surface area contributed by atoms with E-state index in [-0.39, 0.29) is 6.42 Å². The van der Waals surface area contributed by atoms with E-state index in [0.29, 0.717) is 5.69 Å². The zero-order chi connectivity index (χ0) is 14.5. The summed E-state index contributed by atoms with van der Waals surface area (Å²) in [6, 6.07) is 13.8. The molecule has 0 aliphatic heterocycles. The lowest BCUT2D eigenvalue weighted by Gasteiger charge is -2.08. The fourth-order valence-corrected chi connectivity index (χ4v) is 2.73. The minimum absolute atomic E-state index is 0.000341. The minimum atomic E-state index is -0.847. The van der Waals surface area contributed by atoms with Crippen molar-refractivity contribution in [1.29, 1.82) is 0 Å². The quantitative estimate of drug-likeness (QED) is 0.825. The first-order valence-corrected chi connectivity index (χ1v) is 7.27. The van der Waals surface area contributed by atoms with Gasteiger partial charge in [-0.2, -0.15) is 0 Å². The van der Waals surface area contributed by atoms with Gasteiger partial charge in [0.2, 0.25) is 0 Å². The van der Waals surface area contributed by atoms with Crippen LogP contribution in [0.5, 0.6) is 0 Å². The molecule has 0 spiro atoms. The summed E-state index contributed by atoms with van der Waals surface area (Å²) in [6.07, 6.45) is 1.03. The van der Waals surface area contributed by atoms with Crippen LogP contribution in [0.1, 0.15) is 18.1 Å². The van der Waals surface area contributed by atoms with Crippen LogP contribution in [-0.2, 0) is 17.6 Å². The van der Waals surface area contributed by atoms with Gasteiger partial charge < -0.3 is 10.8 Å². The Morgan fingerprint density at radius 3 is 2.35 bits per heavy atom. The van der Waals surface area contributed by atoms with Crippen LogP contribution in [0.25, 0.3) is 0 Å². The van der Waals surface area contributed by atoms with Crippen molar-refractivity contribution in [3.05, 3.63) is 53.6 Å². The maximum absolute atomic E-state index is 10.7. The number of benzene rings is 2. The highest BCUT2D eigenvalue weighted by Crippen LogP contribution is 2.32. The SMILES string of the molecule is CCc1ccc(Sc2ccc(CC(=O)O)cc2N)cc1. The van der Waals surface area contributed by atoms with Crippen LogP contribution in [0, 0.1) is 0 Å². The van der Waals surface area contributed by atoms with Crippen LogP contribution in [0.4, 0.5) is 5.69 Å². The molecule has 0 saturated heterocycles. The van der Waals surface area contributed by atoms with E-state index < -0.39 is 5.97 Å². The molecule has 0 saturated carbocycles. The van der Waals surface area contributed by atoms with Crippen molar-refractivity contribution in [3.63, 3.8) is 0 Å². The summed E-state index contributed by atoms with van der Waals surface area (Å²) in [5.41, 5.74) is 8.63. The molecule has 3 nitrogen and oxygen atoms in total. The third-order valence-electron chi connectivity index (χ3n) is 2.99. The van der Waals surface area contributed by atoms with Crippen LogP contribution in [0.3, 0.4) is 0 Å². The smallest absolute Gasteiger partial charge is 0.307 e. The zero-order valence-corrected chi connectivity index (χ0v) is 12.1. The van der Waals surface area contributed by atoms with Gasteiger partial charge in [0.05, 0.1) is 6.42 Å². The summed E-state index contributed by atoms with van der Waals surface area (Å²) in [6.45, 7) is 2.13. The monoisotopic (exact) mass is 287 g/mol. The predicted octanol–water partition coefficient (Wildman–Crippen LogP) is 3.61. The first-order valence-electron chi connectivity index (χ1n) is 6.45. The number of carboxylic acid groups (broad SMARTS) is 1. The summed E-state index contributed by atoms with van der Waals surface area (Å²) in [5, 5.41) is 8.77.